The second-order valence-electron chi connectivity index (χ2n) is 4.61. The van der Waals surface area contributed by atoms with Gasteiger partial charge in [-0.05, 0) is 44.9 Å². The maximum Gasteiger partial charge on any atom is 0.226 e. The minimum absolute atomic E-state index is 0.712. The van der Waals surface area contributed by atoms with Crippen molar-refractivity contribution < 1.29 is 4.42 Å². The highest BCUT2D eigenvalue weighted by atomic mass is 16.3. The highest BCUT2D eigenvalue weighted by Gasteiger charge is 2.06. The summed E-state index contributed by atoms with van der Waals surface area (Å²) in [4.78, 5) is 4.51. The van der Waals surface area contributed by atoms with Crippen molar-refractivity contribution in [1.29, 1.82) is 0 Å². The number of hydrogen-bond acceptors (Lipinski definition) is 3. The summed E-state index contributed by atoms with van der Waals surface area (Å²) >= 11 is 0. The van der Waals surface area contributed by atoms with Gasteiger partial charge < -0.3 is 10.2 Å². The monoisotopic (exact) mass is 244 g/mol. The highest BCUT2D eigenvalue weighted by Crippen LogP contribution is 2.19. The molecule has 0 unspecified atom stereocenters. The van der Waals surface area contributed by atoms with Gasteiger partial charge in [0, 0.05) is 5.56 Å². The molecule has 0 aliphatic rings. The number of benzene rings is 1. The molecule has 0 aliphatic heterocycles. The second kappa shape index (κ2) is 6.36. The van der Waals surface area contributed by atoms with Crippen LogP contribution >= 0.6 is 0 Å². The van der Waals surface area contributed by atoms with Gasteiger partial charge >= 0.3 is 0 Å². The first-order valence-corrected chi connectivity index (χ1v) is 6.51. The van der Waals surface area contributed by atoms with E-state index in [-0.39, 0.29) is 0 Å². The molecule has 2 rings (SSSR count). The van der Waals surface area contributed by atoms with Gasteiger partial charge in [-0.3, -0.25) is 0 Å². The summed E-state index contributed by atoms with van der Waals surface area (Å²) in [5.41, 5.74) is 8.78. The quantitative estimate of drug-likeness (QED) is 0.793. The summed E-state index contributed by atoms with van der Waals surface area (Å²) in [5.74, 6) is 0.712. The molecule has 0 bridgehead atoms. The van der Waals surface area contributed by atoms with Crippen LogP contribution in [0, 0.1) is 6.92 Å². The lowest BCUT2D eigenvalue weighted by Crippen LogP contribution is -1.98. The Hall–Kier alpha value is -1.61. The third-order valence-electron chi connectivity index (χ3n) is 2.99. The van der Waals surface area contributed by atoms with Crippen molar-refractivity contribution in [3.63, 3.8) is 0 Å². The number of oxazole rings is 1. The Kier molecular flexibility index (Phi) is 4.53. The summed E-state index contributed by atoms with van der Waals surface area (Å²) in [5, 5.41) is 0. The maximum absolute atomic E-state index is 5.51. The number of hydrogen-bond donors (Lipinski definition) is 1. The van der Waals surface area contributed by atoms with Gasteiger partial charge in [-0.15, -0.1) is 0 Å². The molecule has 0 saturated carbocycles. The van der Waals surface area contributed by atoms with Gasteiger partial charge in [-0.1, -0.05) is 24.1 Å². The molecule has 0 spiro atoms. The highest BCUT2D eigenvalue weighted by molar-refractivity contribution is 5.53. The first kappa shape index (κ1) is 12.8. The lowest BCUT2D eigenvalue weighted by atomic mass is 10.1. The minimum Gasteiger partial charge on any atom is -0.444 e. The molecule has 0 amide bonds. The van der Waals surface area contributed by atoms with Crippen LogP contribution in [0.4, 0.5) is 0 Å². The largest absolute Gasteiger partial charge is 0.444 e. The number of nitrogens with zero attached hydrogens (tertiary/aromatic N) is 1. The molecule has 1 aromatic heterocycles. The summed E-state index contributed by atoms with van der Waals surface area (Å²) in [7, 11) is 0. The molecule has 3 nitrogen and oxygen atoms in total. The Morgan fingerprint density at radius 1 is 1.11 bits per heavy atom. The van der Waals surface area contributed by atoms with E-state index in [9.17, 15) is 0 Å². The number of aryl methyl sites for hydroxylation is 2. The van der Waals surface area contributed by atoms with Crippen molar-refractivity contribution in [2.45, 2.75) is 32.6 Å². The Morgan fingerprint density at radius 3 is 2.61 bits per heavy atom. The molecule has 1 aromatic carbocycles. The summed E-state index contributed by atoms with van der Waals surface area (Å²) in [6.45, 7) is 2.84. The predicted molar refractivity (Wildman–Crippen MR) is 73.3 cm³/mol. The average Bonchev–Trinajstić information content (AvgIpc) is 2.84. The van der Waals surface area contributed by atoms with E-state index < -0.39 is 0 Å². The van der Waals surface area contributed by atoms with Gasteiger partial charge in [-0.25, -0.2) is 4.98 Å². The first-order valence-electron chi connectivity index (χ1n) is 6.51. The van der Waals surface area contributed by atoms with Crippen molar-refractivity contribution in [3.8, 4) is 11.5 Å². The Bertz CT molecular complexity index is 473. The molecule has 96 valence electrons. The van der Waals surface area contributed by atoms with Crippen LogP contribution < -0.4 is 5.73 Å². The van der Waals surface area contributed by atoms with Gasteiger partial charge in [0.25, 0.3) is 0 Å². The predicted octanol–water partition coefficient (Wildman–Crippen LogP) is 3.32. The third kappa shape index (κ3) is 3.44. The van der Waals surface area contributed by atoms with Gasteiger partial charge in [0.2, 0.25) is 5.89 Å². The van der Waals surface area contributed by atoms with Gasteiger partial charge in [0.15, 0.2) is 0 Å². The lowest BCUT2D eigenvalue weighted by molar-refractivity contribution is 0.571. The molecule has 0 radical (unpaired) electrons. The smallest absolute Gasteiger partial charge is 0.226 e. The fraction of sp³-hybridized carbons (Fsp3) is 0.400. The van der Waals surface area contributed by atoms with E-state index in [2.05, 4.69) is 24.0 Å². The van der Waals surface area contributed by atoms with Crippen LogP contribution in [0.15, 0.2) is 34.9 Å². The van der Waals surface area contributed by atoms with E-state index in [0.717, 1.165) is 43.5 Å². The van der Waals surface area contributed by atoms with E-state index >= 15 is 0 Å². The number of aromatic nitrogens is 1. The van der Waals surface area contributed by atoms with E-state index in [4.69, 9.17) is 10.2 Å². The van der Waals surface area contributed by atoms with Crippen molar-refractivity contribution in [2.24, 2.45) is 5.73 Å². The molecule has 2 N–H and O–H groups in total. The van der Waals surface area contributed by atoms with Crippen LogP contribution in [-0.2, 0) is 6.42 Å². The SMILES string of the molecule is Cc1ccc(-c2nc(CCCCCN)co2)cc1. The topological polar surface area (TPSA) is 52.0 Å². The van der Waals surface area contributed by atoms with Crippen LogP contribution in [0.25, 0.3) is 11.5 Å². The van der Waals surface area contributed by atoms with Crippen molar-refractivity contribution in [2.75, 3.05) is 6.54 Å². The number of nitrogens with two attached hydrogens (primary N) is 1. The van der Waals surface area contributed by atoms with Crippen LogP contribution in [-0.4, -0.2) is 11.5 Å². The Balaban J connectivity index is 1.95. The third-order valence-corrected chi connectivity index (χ3v) is 2.99. The fourth-order valence-corrected chi connectivity index (χ4v) is 1.88. The molecule has 18 heavy (non-hydrogen) atoms. The van der Waals surface area contributed by atoms with E-state index in [0.29, 0.717) is 5.89 Å². The van der Waals surface area contributed by atoms with Gasteiger partial charge in [0.05, 0.1) is 5.69 Å². The maximum atomic E-state index is 5.51. The van der Waals surface area contributed by atoms with Crippen LogP contribution in [0.1, 0.15) is 30.5 Å². The fourth-order valence-electron chi connectivity index (χ4n) is 1.88. The van der Waals surface area contributed by atoms with Crippen molar-refractivity contribution >= 4 is 0 Å². The first-order chi connectivity index (χ1) is 8.79. The zero-order valence-electron chi connectivity index (χ0n) is 10.9. The summed E-state index contributed by atoms with van der Waals surface area (Å²) in [6.07, 6.45) is 6.09. The molecule has 0 fully saturated rings. The number of rotatable bonds is 6. The van der Waals surface area contributed by atoms with Gasteiger partial charge in [0.1, 0.15) is 6.26 Å². The zero-order chi connectivity index (χ0) is 12.8. The Morgan fingerprint density at radius 2 is 1.89 bits per heavy atom. The average molecular weight is 244 g/mol. The molecule has 3 heteroatoms. The van der Waals surface area contributed by atoms with E-state index in [1.54, 1.807) is 6.26 Å². The van der Waals surface area contributed by atoms with E-state index in [1.807, 2.05) is 12.1 Å². The Labute approximate surface area is 108 Å². The minimum atomic E-state index is 0.712. The zero-order valence-corrected chi connectivity index (χ0v) is 10.9. The van der Waals surface area contributed by atoms with Gasteiger partial charge in [-0.2, -0.15) is 0 Å². The normalized spacial score (nSPS) is 10.8. The van der Waals surface area contributed by atoms with Crippen LogP contribution in [0.3, 0.4) is 0 Å². The number of unbranched alkanes of at least 4 members (excludes halogenated alkanes) is 2. The second-order valence-corrected chi connectivity index (χ2v) is 4.61. The van der Waals surface area contributed by atoms with Crippen molar-refractivity contribution in [3.05, 3.63) is 41.8 Å². The lowest BCUT2D eigenvalue weighted by Gasteiger charge is -1.96. The molecule has 1 heterocycles. The van der Waals surface area contributed by atoms with E-state index in [1.165, 1.54) is 5.56 Å². The molecule has 0 atom stereocenters. The molecular weight excluding hydrogens is 224 g/mol. The van der Waals surface area contributed by atoms with Crippen LogP contribution in [0.2, 0.25) is 0 Å². The standard InChI is InChI=1S/C15H20N2O/c1-12-6-8-13(9-7-12)15-17-14(11-18-15)5-3-2-4-10-16/h6-9,11H,2-5,10,16H2,1H3. The molecule has 0 saturated heterocycles. The molecule has 2 aromatic rings. The molecule has 0 aliphatic carbocycles. The van der Waals surface area contributed by atoms with Crippen LogP contribution in [0.5, 0.6) is 0 Å². The van der Waals surface area contributed by atoms with Crippen molar-refractivity contribution in [1.82, 2.24) is 4.98 Å². The summed E-state index contributed by atoms with van der Waals surface area (Å²) < 4.78 is 5.51. The summed E-state index contributed by atoms with van der Waals surface area (Å²) in [6, 6.07) is 8.22. The molecular formula is C15H20N2O.